The van der Waals surface area contributed by atoms with E-state index in [0.29, 0.717) is 30.2 Å². The van der Waals surface area contributed by atoms with Gasteiger partial charge in [-0.3, -0.25) is 9.69 Å². The molecule has 1 heterocycles. The molecule has 0 aliphatic carbocycles. The Labute approximate surface area is 136 Å². The van der Waals surface area contributed by atoms with Gasteiger partial charge in [0.25, 0.3) is 0 Å². The molecule has 0 radical (unpaired) electrons. The summed E-state index contributed by atoms with van der Waals surface area (Å²) < 4.78 is 5.41. The largest absolute Gasteiger partial charge is 0.492 e. The number of carbonyl (C=O) groups excluding carboxylic acids is 1. The van der Waals surface area contributed by atoms with Crippen molar-refractivity contribution in [1.29, 1.82) is 0 Å². The van der Waals surface area contributed by atoms with Crippen LogP contribution in [0, 0.1) is 0 Å². The molecule has 0 aromatic heterocycles. The third kappa shape index (κ3) is 3.54. The quantitative estimate of drug-likeness (QED) is 0.681. The Balaban J connectivity index is 1.67. The molecule has 0 saturated heterocycles. The lowest BCUT2D eigenvalue weighted by Crippen LogP contribution is -2.34. The summed E-state index contributed by atoms with van der Waals surface area (Å²) in [4.78, 5) is 14.7. The van der Waals surface area contributed by atoms with Gasteiger partial charge in [-0.25, -0.2) is 0 Å². The van der Waals surface area contributed by atoms with E-state index >= 15 is 0 Å². The Morgan fingerprint density at radius 2 is 2.00 bits per heavy atom. The number of nitrogen functional groups attached to an aromatic ring is 1. The number of nitrogens with zero attached hydrogens (tertiary/aromatic N) is 1. The van der Waals surface area contributed by atoms with Crippen molar-refractivity contribution >= 4 is 11.5 Å². The van der Waals surface area contributed by atoms with Crippen molar-refractivity contribution in [3.8, 4) is 5.75 Å². The van der Waals surface area contributed by atoms with E-state index in [9.17, 15) is 4.79 Å². The summed E-state index contributed by atoms with van der Waals surface area (Å²) >= 11 is 0. The van der Waals surface area contributed by atoms with E-state index in [4.69, 9.17) is 10.5 Å². The predicted octanol–water partition coefficient (Wildman–Crippen LogP) is 2.91. The standard InChI is InChI=1S/C19H22N2O2/c1-2-23-19-8-7-15(11-17(19)20)18(22)13-21-10-9-14-5-3-4-6-16(14)12-21/h3-8,11H,2,9-10,12-13,20H2,1H3. The van der Waals surface area contributed by atoms with Gasteiger partial charge in [-0.2, -0.15) is 0 Å². The Hall–Kier alpha value is -2.33. The zero-order valence-electron chi connectivity index (χ0n) is 13.4. The lowest BCUT2D eigenvalue weighted by molar-refractivity contribution is 0.0921. The van der Waals surface area contributed by atoms with Crippen molar-refractivity contribution in [2.75, 3.05) is 25.4 Å². The molecule has 2 N–H and O–H groups in total. The number of rotatable bonds is 5. The SMILES string of the molecule is CCOc1ccc(C(=O)CN2CCc3ccccc3C2)cc1N. The van der Waals surface area contributed by atoms with Crippen molar-refractivity contribution in [2.45, 2.75) is 19.9 Å². The van der Waals surface area contributed by atoms with Crippen LogP contribution in [0.3, 0.4) is 0 Å². The minimum Gasteiger partial charge on any atom is -0.492 e. The fourth-order valence-electron chi connectivity index (χ4n) is 2.99. The average molecular weight is 310 g/mol. The summed E-state index contributed by atoms with van der Waals surface area (Å²) in [6.07, 6.45) is 0.995. The molecule has 0 saturated carbocycles. The summed E-state index contributed by atoms with van der Waals surface area (Å²) in [6.45, 7) is 4.63. The second-order valence-electron chi connectivity index (χ2n) is 5.84. The van der Waals surface area contributed by atoms with Crippen LogP contribution in [-0.4, -0.2) is 30.4 Å². The molecule has 0 bridgehead atoms. The van der Waals surface area contributed by atoms with Crippen LogP contribution in [0.5, 0.6) is 5.75 Å². The van der Waals surface area contributed by atoms with Crippen molar-refractivity contribution < 1.29 is 9.53 Å². The smallest absolute Gasteiger partial charge is 0.176 e. The second-order valence-corrected chi connectivity index (χ2v) is 5.84. The number of Topliss-reactive ketones (excluding diaryl/α,β-unsaturated/α-hetero) is 1. The van der Waals surface area contributed by atoms with E-state index < -0.39 is 0 Å². The summed E-state index contributed by atoms with van der Waals surface area (Å²) in [5.41, 5.74) is 9.82. The van der Waals surface area contributed by atoms with Crippen LogP contribution in [0.4, 0.5) is 5.69 Å². The van der Waals surface area contributed by atoms with Gasteiger partial charge >= 0.3 is 0 Å². The molecule has 4 nitrogen and oxygen atoms in total. The van der Waals surface area contributed by atoms with Gasteiger partial charge in [-0.15, -0.1) is 0 Å². The summed E-state index contributed by atoms with van der Waals surface area (Å²) in [5, 5.41) is 0. The summed E-state index contributed by atoms with van der Waals surface area (Å²) in [6, 6.07) is 13.7. The Morgan fingerprint density at radius 3 is 2.74 bits per heavy atom. The first-order valence-corrected chi connectivity index (χ1v) is 8.02. The Kier molecular flexibility index (Phi) is 4.63. The van der Waals surface area contributed by atoms with Crippen molar-refractivity contribution in [3.05, 3.63) is 59.2 Å². The van der Waals surface area contributed by atoms with Gasteiger partial charge < -0.3 is 10.5 Å². The highest BCUT2D eigenvalue weighted by Gasteiger charge is 2.19. The molecule has 0 atom stereocenters. The van der Waals surface area contributed by atoms with Gasteiger partial charge in [-0.05, 0) is 42.7 Å². The van der Waals surface area contributed by atoms with Crippen LogP contribution >= 0.6 is 0 Å². The first-order valence-electron chi connectivity index (χ1n) is 8.02. The van der Waals surface area contributed by atoms with E-state index in [1.807, 2.05) is 6.92 Å². The molecule has 2 aromatic carbocycles. The highest BCUT2D eigenvalue weighted by molar-refractivity contribution is 5.98. The van der Waals surface area contributed by atoms with Gasteiger partial charge in [0.2, 0.25) is 0 Å². The molecule has 3 rings (SSSR count). The zero-order valence-corrected chi connectivity index (χ0v) is 13.4. The lowest BCUT2D eigenvalue weighted by Gasteiger charge is -2.28. The maximum Gasteiger partial charge on any atom is 0.176 e. The molecular weight excluding hydrogens is 288 g/mol. The first-order chi connectivity index (χ1) is 11.2. The van der Waals surface area contributed by atoms with E-state index in [1.54, 1.807) is 18.2 Å². The monoisotopic (exact) mass is 310 g/mol. The minimum atomic E-state index is 0.0964. The number of nitrogens with two attached hydrogens (primary N) is 1. The van der Waals surface area contributed by atoms with Crippen LogP contribution in [0.1, 0.15) is 28.4 Å². The third-order valence-corrected chi connectivity index (χ3v) is 4.21. The molecule has 23 heavy (non-hydrogen) atoms. The van der Waals surface area contributed by atoms with Crippen LogP contribution in [0.2, 0.25) is 0 Å². The van der Waals surface area contributed by atoms with Gasteiger partial charge in [0.1, 0.15) is 5.75 Å². The Morgan fingerprint density at radius 1 is 1.22 bits per heavy atom. The number of fused-ring (bicyclic) bond motifs is 1. The van der Waals surface area contributed by atoms with E-state index in [0.717, 1.165) is 19.5 Å². The topological polar surface area (TPSA) is 55.6 Å². The molecule has 4 heteroatoms. The number of hydrogen-bond donors (Lipinski definition) is 1. The molecule has 0 fully saturated rings. The highest BCUT2D eigenvalue weighted by Crippen LogP contribution is 2.23. The van der Waals surface area contributed by atoms with E-state index in [-0.39, 0.29) is 5.78 Å². The number of anilines is 1. The average Bonchev–Trinajstić information content (AvgIpc) is 2.56. The summed E-state index contributed by atoms with van der Waals surface area (Å²) in [7, 11) is 0. The number of carbonyl (C=O) groups is 1. The van der Waals surface area contributed by atoms with Crippen molar-refractivity contribution in [2.24, 2.45) is 0 Å². The fourth-order valence-corrected chi connectivity index (χ4v) is 2.99. The maximum atomic E-state index is 12.5. The van der Waals surface area contributed by atoms with Crippen LogP contribution in [0.15, 0.2) is 42.5 Å². The zero-order chi connectivity index (χ0) is 16.2. The number of hydrogen-bond acceptors (Lipinski definition) is 4. The van der Waals surface area contributed by atoms with Gasteiger partial charge in [0, 0.05) is 18.7 Å². The van der Waals surface area contributed by atoms with Crippen LogP contribution < -0.4 is 10.5 Å². The number of benzene rings is 2. The van der Waals surface area contributed by atoms with Gasteiger partial charge in [-0.1, -0.05) is 24.3 Å². The second kappa shape index (κ2) is 6.84. The normalized spacial score (nSPS) is 14.3. The molecule has 0 unspecified atom stereocenters. The lowest BCUT2D eigenvalue weighted by atomic mass is 9.99. The Bertz CT molecular complexity index is 712. The molecule has 1 aliphatic heterocycles. The molecule has 120 valence electrons. The third-order valence-electron chi connectivity index (χ3n) is 4.21. The fraction of sp³-hybridized carbons (Fsp3) is 0.316. The molecule has 0 amide bonds. The predicted molar refractivity (Wildman–Crippen MR) is 91.8 cm³/mol. The summed E-state index contributed by atoms with van der Waals surface area (Å²) in [5.74, 6) is 0.732. The number of ketones is 1. The molecule has 1 aliphatic rings. The van der Waals surface area contributed by atoms with E-state index in [1.165, 1.54) is 11.1 Å². The molecular formula is C19H22N2O2. The minimum absolute atomic E-state index is 0.0964. The van der Waals surface area contributed by atoms with Crippen LogP contribution in [0.25, 0.3) is 0 Å². The van der Waals surface area contributed by atoms with Crippen LogP contribution in [-0.2, 0) is 13.0 Å². The van der Waals surface area contributed by atoms with E-state index in [2.05, 4.69) is 29.2 Å². The first kappa shape index (κ1) is 15.6. The number of ether oxygens (including phenoxy) is 1. The van der Waals surface area contributed by atoms with Crippen molar-refractivity contribution in [3.63, 3.8) is 0 Å². The molecule has 0 spiro atoms. The van der Waals surface area contributed by atoms with Gasteiger partial charge in [0.05, 0.1) is 18.8 Å². The maximum absolute atomic E-state index is 12.5. The molecule has 2 aromatic rings. The van der Waals surface area contributed by atoms with Crippen molar-refractivity contribution in [1.82, 2.24) is 4.90 Å². The highest BCUT2D eigenvalue weighted by atomic mass is 16.5. The van der Waals surface area contributed by atoms with Gasteiger partial charge in [0.15, 0.2) is 5.78 Å².